The van der Waals surface area contributed by atoms with Crippen molar-refractivity contribution in [1.82, 2.24) is 4.72 Å². The third-order valence-corrected chi connectivity index (χ3v) is 5.05. The van der Waals surface area contributed by atoms with Crippen LogP contribution in [-0.2, 0) is 15.4 Å². The standard InChI is InChI=1S/C13H19NO2S/c1-2-17(15,16)14-11-13(9-6-10-13)12-7-4-3-5-8-12/h3-5,7-8,14H,2,6,9-11H2,1H3. The Morgan fingerprint density at radius 2 is 1.88 bits per heavy atom. The summed E-state index contributed by atoms with van der Waals surface area (Å²) < 4.78 is 25.7. The van der Waals surface area contributed by atoms with Crippen LogP contribution in [0.2, 0.25) is 0 Å². The van der Waals surface area contributed by atoms with Crippen molar-refractivity contribution in [3.05, 3.63) is 35.9 Å². The molecule has 1 saturated carbocycles. The van der Waals surface area contributed by atoms with Crippen LogP contribution in [0.25, 0.3) is 0 Å². The largest absolute Gasteiger partial charge is 0.214 e. The van der Waals surface area contributed by atoms with Crippen LogP contribution < -0.4 is 4.72 Å². The van der Waals surface area contributed by atoms with E-state index in [1.807, 2.05) is 18.2 Å². The number of benzene rings is 1. The smallest absolute Gasteiger partial charge is 0.211 e. The second-order valence-electron chi connectivity index (χ2n) is 4.72. The van der Waals surface area contributed by atoms with Gasteiger partial charge in [0.15, 0.2) is 0 Å². The van der Waals surface area contributed by atoms with Gasteiger partial charge in [0.25, 0.3) is 0 Å². The number of nitrogens with one attached hydrogen (secondary N) is 1. The number of sulfonamides is 1. The van der Waals surface area contributed by atoms with Crippen LogP contribution >= 0.6 is 0 Å². The first-order valence-electron chi connectivity index (χ1n) is 6.11. The van der Waals surface area contributed by atoms with Gasteiger partial charge in [0, 0.05) is 12.0 Å². The summed E-state index contributed by atoms with van der Waals surface area (Å²) in [4.78, 5) is 0. The molecule has 0 amide bonds. The van der Waals surface area contributed by atoms with Crippen molar-refractivity contribution in [2.24, 2.45) is 0 Å². The number of rotatable bonds is 5. The van der Waals surface area contributed by atoms with Crippen molar-refractivity contribution >= 4 is 10.0 Å². The molecule has 3 nitrogen and oxygen atoms in total. The van der Waals surface area contributed by atoms with Crippen LogP contribution in [0.1, 0.15) is 31.7 Å². The Morgan fingerprint density at radius 1 is 1.24 bits per heavy atom. The minimum atomic E-state index is -3.09. The van der Waals surface area contributed by atoms with Crippen molar-refractivity contribution in [1.29, 1.82) is 0 Å². The highest BCUT2D eigenvalue weighted by Crippen LogP contribution is 2.43. The lowest BCUT2D eigenvalue weighted by molar-refractivity contribution is 0.245. The van der Waals surface area contributed by atoms with E-state index in [-0.39, 0.29) is 11.2 Å². The lowest BCUT2D eigenvalue weighted by Gasteiger charge is -2.42. The Balaban J connectivity index is 2.11. The molecule has 1 aliphatic rings. The molecule has 0 aliphatic heterocycles. The summed E-state index contributed by atoms with van der Waals surface area (Å²) in [5.41, 5.74) is 1.29. The molecular weight excluding hydrogens is 234 g/mol. The highest BCUT2D eigenvalue weighted by Gasteiger charge is 2.38. The minimum absolute atomic E-state index is 0.0312. The van der Waals surface area contributed by atoms with Gasteiger partial charge in [-0.3, -0.25) is 0 Å². The maximum atomic E-state index is 11.5. The molecule has 0 saturated heterocycles. The summed E-state index contributed by atoms with van der Waals surface area (Å²) in [5.74, 6) is 0.151. The quantitative estimate of drug-likeness (QED) is 0.873. The maximum Gasteiger partial charge on any atom is 0.211 e. The molecule has 0 radical (unpaired) electrons. The Hall–Kier alpha value is -0.870. The molecule has 0 heterocycles. The molecule has 0 spiro atoms. The van der Waals surface area contributed by atoms with Crippen LogP contribution in [0.3, 0.4) is 0 Å². The number of hydrogen-bond donors (Lipinski definition) is 1. The molecule has 2 rings (SSSR count). The van der Waals surface area contributed by atoms with E-state index in [1.165, 1.54) is 12.0 Å². The molecule has 1 aromatic rings. The Morgan fingerprint density at radius 3 is 2.35 bits per heavy atom. The predicted octanol–water partition coefficient (Wildman–Crippen LogP) is 2.05. The van der Waals surface area contributed by atoms with Gasteiger partial charge in [-0.1, -0.05) is 36.8 Å². The van der Waals surface area contributed by atoms with Gasteiger partial charge in [-0.05, 0) is 25.3 Å². The summed E-state index contributed by atoms with van der Waals surface area (Å²) in [5, 5.41) is 0. The van der Waals surface area contributed by atoms with E-state index in [9.17, 15) is 8.42 Å². The molecule has 0 unspecified atom stereocenters. The van der Waals surface area contributed by atoms with E-state index in [0.29, 0.717) is 6.54 Å². The molecule has 0 aromatic heterocycles. The zero-order valence-electron chi connectivity index (χ0n) is 10.1. The summed E-state index contributed by atoms with van der Waals surface area (Å²) in [7, 11) is -3.09. The summed E-state index contributed by atoms with van der Waals surface area (Å²) >= 11 is 0. The Kier molecular flexibility index (Phi) is 3.54. The molecule has 94 valence electrons. The average molecular weight is 253 g/mol. The van der Waals surface area contributed by atoms with Gasteiger partial charge < -0.3 is 0 Å². The van der Waals surface area contributed by atoms with E-state index in [1.54, 1.807) is 6.92 Å². The Labute approximate surface area is 103 Å². The van der Waals surface area contributed by atoms with Gasteiger partial charge in [-0.15, -0.1) is 0 Å². The van der Waals surface area contributed by atoms with Crippen LogP contribution in [0.4, 0.5) is 0 Å². The van der Waals surface area contributed by atoms with Gasteiger partial charge >= 0.3 is 0 Å². The first-order chi connectivity index (χ1) is 8.08. The van der Waals surface area contributed by atoms with Gasteiger partial charge in [0.2, 0.25) is 10.0 Å². The Bertz CT molecular complexity index is 463. The summed E-state index contributed by atoms with van der Waals surface area (Å²) in [6, 6.07) is 10.2. The van der Waals surface area contributed by atoms with Gasteiger partial charge in [0.05, 0.1) is 5.75 Å². The molecule has 1 aliphatic carbocycles. The van der Waals surface area contributed by atoms with E-state index in [0.717, 1.165) is 12.8 Å². The molecular formula is C13H19NO2S. The first kappa shape index (κ1) is 12.6. The van der Waals surface area contributed by atoms with Crippen LogP contribution in [0.5, 0.6) is 0 Å². The highest BCUT2D eigenvalue weighted by molar-refractivity contribution is 7.89. The highest BCUT2D eigenvalue weighted by atomic mass is 32.2. The zero-order valence-corrected chi connectivity index (χ0v) is 11.0. The molecule has 17 heavy (non-hydrogen) atoms. The molecule has 0 bridgehead atoms. The van der Waals surface area contributed by atoms with E-state index in [2.05, 4.69) is 16.9 Å². The molecule has 4 heteroatoms. The third kappa shape index (κ3) is 2.69. The first-order valence-corrected chi connectivity index (χ1v) is 7.76. The fourth-order valence-electron chi connectivity index (χ4n) is 2.31. The minimum Gasteiger partial charge on any atom is -0.214 e. The van der Waals surface area contributed by atoms with Gasteiger partial charge in [-0.2, -0.15) is 0 Å². The summed E-state index contributed by atoms with van der Waals surface area (Å²) in [6.07, 6.45) is 3.33. The van der Waals surface area contributed by atoms with E-state index < -0.39 is 10.0 Å². The predicted molar refractivity (Wildman–Crippen MR) is 69.4 cm³/mol. The van der Waals surface area contributed by atoms with Crippen LogP contribution in [-0.4, -0.2) is 20.7 Å². The average Bonchev–Trinajstić information content (AvgIpc) is 2.29. The topological polar surface area (TPSA) is 46.2 Å². The molecule has 1 aromatic carbocycles. The van der Waals surface area contributed by atoms with Crippen molar-refractivity contribution in [3.8, 4) is 0 Å². The third-order valence-electron chi connectivity index (χ3n) is 3.71. The second-order valence-corrected chi connectivity index (χ2v) is 6.82. The normalized spacial score (nSPS) is 18.6. The van der Waals surface area contributed by atoms with E-state index >= 15 is 0 Å². The second kappa shape index (κ2) is 4.78. The summed E-state index contributed by atoms with van der Waals surface area (Å²) in [6.45, 7) is 2.20. The fourth-order valence-corrected chi connectivity index (χ4v) is 3.01. The van der Waals surface area contributed by atoms with E-state index in [4.69, 9.17) is 0 Å². The molecule has 0 atom stereocenters. The monoisotopic (exact) mass is 253 g/mol. The molecule has 1 fully saturated rings. The maximum absolute atomic E-state index is 11.5. The van der Waals surface area contributed by atoms with Crippen molar-refractivity contribution in [3.63, 3.8) is 0 Å². The lowest BCUT2D eigenvalue weighted by atomic mass is 9.64. The molecule has 1 N–H and O–H groups in total. The van der Waals surface area contributed by atoms with Crippen molar-refractivity contribution in [2.45, 2.75) is 31.6 Å². The lowest BCUT2D eigenvalue weighted by Crippen LogP contribution is -2.45. The zero-order chi connectivity index (χ0) is 12.4. The SMILES string of the molecule is CCS(=O)(=O)NCC1(c2ccccc2)CCC1. The van der Waals surface area contributed by atoms with Gasteiger partial charge in [-0.25, -0.2) is 13.1 Å². The fraction of sp³-hybridized carbons (Fsp3) is 0.538. The van der Waals surface area contributed by atoms with Crippen LogP contribution in [0.15, 0.2) is 30.3 Å². The van der Waals surface area contributed by atoms with Crippen molar-refractivity contribution in [2.75, 3.05) is 12.3 Å². The van der Waals surface area contributed by atoms with Crippen LogP contribution in [0, 0.1) is 0 Å². The van der Waals surface area contributed by atoms with Crippen molar-refractivity contribution < 1.29 is 8.42 Å². The van der Waals surface area contributed by atoms with Gasteiger partial charge in [0.1, 0.15) is 0 Å². The number of hydrogen-bond acceptors (Lipinski definition) is 2.